The number of hydrogen-bond donors (Lipinski definition) is 3. The van der Waals surface area contributed by atoms with Gasteiger partial charge in [-0.1, -0.05) is 18.2 Å². The lowest BCUT2D eigenvalue weighted by molar-refractivity contribution is 0.0945. The molecule has 25 heavy (non-hydrogen) atoms. The molecule has 1 heterocycles. The van der Waals surface area contributed by atoms with E-state index in [4.69, 9.17) is 4.74 Å². The number of nitrogens with one attached hydrogen (secondary N) is 3. The van der Waals surface area contributed by atoms with Gasteiger partial charge in [-0.3, -0.25) is 4.79 Å². The van der Waals surface area contributed by atoms with E-state index >= 15 is 0 Å². The van der Waals surface area contributed by atoms with Gasteiger partial charge in [-0.15, -0.1) is 0 Å². The van der Waals surface area contributed by atoms with Crippen LogP contribution in [0.3, 0.4) is 0 Å². The van der Waals surface area contributed by atoms with Gasteiger partial charge in [-0.2, -0.15) is 0 Å². The summed E-state index contributed by atoms with van der Waals surface area (Å²) in [6, 6.07) is 15.2. The van der Waals surface area contributed by atoms with Crippen LogP contribution in [0.15, 0.2) is 48.5 Å². The molecule has 5 heteroatoms. The van der Waals surface area contributed by atoms with Gasteiger partial charge in [0.25, 0.3) is 5.91 Å². The van der Waals surface area contributed by atoms with Crippen LogP contribution in [0.5, 0.6) is 5.75 Å². The van der Waals surface area contributed by atoms with E-state index in [1.165, 1.54) is 6.42 Å². The molecule has 2 aromatic rings. The fourth-order valence-electron chi connectivity index (χ4n) is 3.08. The second kappa shape index (κ2) is 8.53. The molecule has 1 amide bonds. The number of amides is 1. The van der Waals surface area contributed by atoms with E-state index in [9.17, 15) is 4.79 Å². The Bertz CT molecular complexity index is 712. The van der Waals surface area contributed by atoms with Crippen LogP contribution in [0.25, 0.3) is 0 Å². The molecule has 1 atom stereocenters. The summed E-state index contributed by atoms with van der Waals surface area (Å²) in [7, 11) is 1.64. The molecule has 1 unspecified atom stereocenters. The molecule has 2 aromatic carbocycles. The van der Waals surface area contributed by atoms with Gasteiger partial charge in [-0.05, 0) is 56.1 Å². The molecule has 3 N–H and O–H groups in total. The van der Waals surface area contributed by atoms with Crippen molar-refractivity contribution >= 4 is 17.3 Å². The van der Waals surface area contributed by atoms with Crippen LogP contribution in [0.2, 0.25) is 0 Å². The van der Waals surface area contributed by atoms with E-state index in [1.807, 2.05) is 48.5 Å². The van der Waals surface area contributed by atoms with E-state index in [2.05, 4.69) is 16.0 Å². The number of anilines is 2. The van der Waals surface area contributed by atoms with Gasteiger partial charge in [0.15, 0.2) is 0 Å². The zero-order valence-corrected chi connectivity index (χ0v) is 14.5. The lowest BCUT2D eigenvalue weighted by Crippen LogP contribution is -2.38. The second-order valence-electron chi connectivity index (χ2n) is 6.32. The van der Waals surface area contributed by atoms with E-state index in [0.717, 1.165) is 36.6 Å². The summed E-state index contributed by atoms with van der Waals surface area (Å²) in [5.74, 6) is 1.24. The lowest BCUT2D eigenvalue weighted by atomic mass is 9.99. The Labute approximate surface area is 148 Å². The quantitative estimate of drug-likeness (QED) is 0.756. The predicted octanol–water partition coefficient (Wildman–Crippen LogP) is 3.17. The molecule has 1 saturated heterocycles. The molecular formula is C20H25N3O2. The Morgan fingerprint density at radius 1 is 1.24 bits per heavy atom. The highest BCUT2D eigenvalue weighted by Crippen LogP contribution is 2.24. The molecular weight excluding hydrogens is 314 g/mol. The number of carbonyl (C=O) groups is 1. The molecule has 0 bridgehead atoms. The fraction of sp³-hybridized carbons (Fsp3) is 0.350. The normalized spacial score (nSPS) is 16.9. The summed E-state index contributed by atoms with van der Waals surface area (Å²) < 4.78 is 5.25. The van der Waals surface area contributed by atoms with E-state index in [-0.39, 0.29) is 5.91 Å². The number of carbonyl (C=O) groups excluding carboxylic acids is 1. The Morgan fingerprint density at radius 2 is 2.12 bits per heavy atom. The number of para-hydroxylation sites is 1. The minimum Gasteiger partial charge on any atom is -0.497 e. The second-order valence-corrected chi connectivity index (χ2v) is 6.32. The highest BCUT2D eigenvalue weighted by Gasteiger charge is 2.16. The van der Waals surface area contributed by atoms with Gasteiger partial charge in [0.05, 0.1) is 18.4 Å². The number of methoxy groups -OCH3 is 1. The van der Waals surface area contributed by atoms with Crippen molar-refractivity contribution < 1.29 is 9.53 Å². The zero-order chi connectivity index (χ0) is 17.5. The third kappa shape index (κ3) is 4.73. The SMILES string of the molecule is COc1cccc(Nc2ccccc2C(=O)NCC2CCCNC2)c1. The minimum atomic E-state index is -0.0448. The number of piperidine rings is 1. The first-order chi connectivity index (χ1) is 12.3. The van der Waals surface area contributed by atoms with Crippen LogP contribution in [-0.4, -0.2) is 32.7 Å². The largest absolute Gasteiger partial charge is 0.497 e. The maximum atomic E-state index is 12.6. The molecule has 0 radical (unpaired) electrons. The van der Waals surface area contributed by atoms with Crippen molar-refractivity contribution in [2.24, 2.45) is 5.92 Å². The van der Waals surface area contributed by atoms with Crippen molar-refractivity contribution in [3.63, 3.8) is 0 Å². The fourth-order valence-corrected chi connectivity index (χ4v) is 3.08. The number of benzene rings is 2. The summed E-state index contributed by atoms with van der Waals surface area (Å²) in [4.78, 5) is 12.6. The van der Waals surface area contributed by atoms with Gasteiger partial charge >= 0.3 is 0 Å². The smallest absolute Gasteiger partial charge is 0.253 e. The molecule has 0 aromatic heterocycles. The number of hydrogen-bond acceptors (Lipinski definition) is 4. The molecule has 3 rings (SSSR count). The zero-order valence-electron chi connectivity index (χ0n) is 14.5. The van der Waals surface area contributed by atoms with Crippen LogP contribution in [-0.2, 0) is 0 Å². The van der Waals surface area contributed by atoms with E-state index in [0.29, 0.717) is 18.0 Å². The van der Waals surface area contributed by atoms with Crippen LogP contribution in [0.1, 0.15) is 23.2 Å². The molecule has 0 spiro atoms. The lowest BCUT2D eigenvalue weighted by Gasteiger charge is -2.23. The summed E-state index contributed by atoms with van der Waals surface area (Å²) in [6.07, 6.45) is 2.34. The van der Waals surface area contributed by atoms with Crippen molar-refractivity contribution in [3.05, 3.63) is 54.1 Å². The highest BCUT2D eigenvalue weighted by atomic mass is 16.5. The predicted molar refractivity (Wildman–Crippen MR) is 101 cm³/mol. The third-order valence-corrected chi connectivity index (χ3v) is 4.47. The summed E-state index contributed by atoms with van der Waals surface area (Å²) in [5.41, 5.74) is 2.32. The molecule has 1 aliphatic heterocycles. The topological polar surface area (TPSA) is 62.4 Å². The van der Waals surface area contributed by atoms with Crippen molar-refractivity contribution in [2.45, 2.75) is 12.8 Å². The van der Waals surface area contributed by atoms with Gasteiger partial charge < -0.3 is 20.7 Å². The van der Waals surface area contributed by atoms with E-state index in [1.54, 1.807) is 7.11 Å². The maximum absolute atomic E-state index is 12.6. The molecule has 5 nitrogen and oxygen atoms in total. The highest BCUT2D eigenvalue weighted by molar-refractivity contribution is 6.00. The van der Waals surface area contributed by atoms with Crippen LogP contribution >= 0.6 is 0 Å². The van der Waals surface area contributed by atoms with Gasteiger partial charge in [0.2, 0.25) is 0 Å². The molecule has 0 aliphatic carbocycles. The molecule has 1 aliphatic rings. The maximum Gasteiger partial charge on any atom is 0.253 e. The van der Waals surface area contributed by atoms with Gasteiger partial charge in [0.1, 0.15) is 5.75 Å². The Morgan fingerprint density at radius 3 is 2.92 bits per heavy atom. The summed E-state index contributed by atoms with van der Waals surface area (Å²) in [6.45, 7) is 2.76. The Kier molecular flexibility index (Phi) is 5.90. The number of rotatable bonds is 6. The van der Waals surface area contributed by atoms with Crippen molar-refractivity contribution in [1.82, 2.24) is 10.6 Å². The molecule has 132 valence electrons. The first-order valence-electron chi connectivity index (χ1n) is 8.75. The third-order valence-electron chi connectivity index (χ3n) is 4.47. The monoisotopic (exact) mass is 339 g/mol. The standard InChI is InChI=1S/C20H25N3O2/c1-25-17-8-4-7-16(12-17)23-19-10-3-2-9-18(19)20(24)22-14-15-6-5-11-21-13-15/h2-4,7-10,12,15,21,23H,5-6,11,13-14H2,1H3,(H,22,24). The van der Waals surface area contributed by atoms with Crippen molar-refractivity contribution in [3.8, 4) is 5.75 Å². The average Bonchev–Trinajstić information content (AvgIpc) is 2.67. The summed E-state index contributed by atoms with van der Waals surface area (Å²) >= 11 is 0. The number of ether oxygens (including phenoxy) is 1. The Hall–Kier alpha value is -2.53. The van der Waals surface area contributed by atoms with Crippen molar-refractivity contribution in [2.75, 3.05) is 32.1 Å². The first-order valence-corrected chi connectivity index (χ1v) is 8.75. The van der Waals surface area contributed by atoms with Gasteiger partial charge in [0, 0.05) is 18.3 Å². The van der Waals surface area contributed by atoms with Gasteiger partial charge in [-0.25, -0.2) is 0 Å². The van der Waals surface area contributed by atoms with Crippen LogP contribution < -0.4 is 20.7 Å². The average molecular weight is 339 g/mol. The van der Waals surface area contributed by atoms with Crippen LogP contribution in [0, 0.1) is 5.92 Å². The molecule has 0 saturated carbocycles. The Balaban J connectivity index is 1.68. The van der Waals surface area contributed by atoms with Crippen LogP contribution in [0.4, 0.5) is 11.4 Å². The van der Waals surface area contributed by atoms with Crippen molar-refractivity contribution in [1.29, 1.82) is 0 Å². The first kappa shape index (κ1) is 17.3. The summed E-state index contributed by atoms with van der Waals surface area (Å²) in [5, 5.41) is 9.76. The molecule has 1 fully saturated rings. The minimum absolute atomic E-state index is 0.0448. The van der Waals surface area contributed by atoms with E-state index < -0.39 is 0 Å².